The summed E-state index contributed by atoms with van der Waals surface area (Å²) in [6.45, 7) is 7.45. The molecule has 0 saturated carbocycles. The maximum Gasteiger partial charge on any atom is 0.0988 e. The Morgan fingerprint density at radius 2 is 2.29 bits per heavy atom. The third-order valence-corrected chi connectivity index (χ3v) is 4.60. The van der Waals surface area contributed by atoms with Crippen molar-refractivity contribution in [3.63, 3.8) is 0 Å². The average Bonchev–Trinajstić information content (AvgIpc) is 2.74. The van der Waals surface area contributed by atoms with Crippen LogP contribution in [0.2, 0.25) is 0 Å². The van der Waals surface area contributed by atoms with Gasteiger partial charge in [0, 0.05) is 13.1 Å². The Kier molecular flexibility index (Phi) is 3.55. The first kappa shape index (κ1) is 14.6. The molecule has 1 aliphatic rings. The van der Waals surface area contributed by atoms with Crippen LogP contribution in [0.4, 0.5) is 11.4 Å². The largest absolute Gasteiger partial charge is 0.397 e. The van der Waals surface area contributed by atoms with Crippen LogP contribution in [0.5, 0.6) is 0 Å². The lowest BCUT2D eigenvalue weighted by molar-refractivity contribution is -0.100. The van der Waals surface area contributed by atoms with Gasteiger partial charge in [-0.2, -0.15) is 0 Å². The molecule has 21 heavy (non-hydrogen) atoms. The Bertz CT molecular complexity index is 668. The number of aliphatic hydroxyl groups is 1. The van der Waals surface area contributed by atoms with Crippen LogP contribution in [0.25, 0.3) is 10.2 Å². The summed E-state index contributed by atoms with van der Waals surface area (Å²) in [6, 6.07) is 4.04. The van der Waals surface area contributed by atoms with E-state index in [0.29, 0.717) is 6.54 Å². The lowest BCUT2D eigenvalue weighted by atomic mass is 10.0. The van der Waals surface area contributed by atoms with Crippen LogP contribution in [0.15, 0.2) is 12.1 Å². The second-order valence-corrected chi connectivity index (χ2v) is 7.41. The van der Waals surface area contributed by atoms with Crippen LogP contribution in [0.3, 0.4) is 0 Å². The second-order valence-electron chi connectivity index (χ2n) is 6.17. The predicted octanol–water partition coefficient (Wildman–Crippen LogP) is 2.16. The van der Waals surface area contributed by atoms with Crippen LogP contribution in [0.1, 0.15) is 18.9 Å². The van der Waals surface area contributed by atoms with Gasteiger partial charge < -0.3 is 20.5 Å². The number of hydrogen-bond donors (Lipinski definition) is 2. The van der Waals surface area contributed by atoms with Crippen molar-refractivity contribution in [2.24, 2.45) is 0 Å². The van der Waals surface area contributed by atoms with Crippen molar-refractivity contribution < 1.29 is 9.84 Å². The van der Waals surface area contributed by atoms with Gasteiger partial charge in [-0.3, -0.25) is 0 Å². The Hall–Kier alpha value is -1.37. The number of aliphatic hydroxyl groups excluding tert-OH is 1. The number of hydrogen-bond acceptors (Lipinski definition) is 6. The van der Waals surface area contributed by atoms with Gasteiger partial charge in [0.05, 0.1) is 44.9 Å². The zero-order valence-corrected chi connectivity index (χ0v) is 13.4. The van der Waals surface area contributed by atoms with E-state index in [2.05, 4.69) is 9.88 Å². The average molecular weight is 307 g/mol. The zero-order chi connectivity index (χ0) is 15.2. The van der Waals surface area contributed by atoms with E-state index in [-0.39, 0.29) is 18.3 Å². The number of morpholine rings is 1. The summed E-state index contributed by atoms with van der Waals surface area (Å²) in [7, 11) is 0. The minimum atomic E-state index is -0.314. The van der Waals surface area contributed by atoms with Crippen molar-refractivity contribution in [1.29, 1.82) is 0 Å². The molecule has 0 aliphatic carbocycles. The van der Waals surface area contributed by atoms with Gasteiger partial charge in [0.2, 0.25) is 0 Å². The molecule has 3 rings (SSSR count). The molecule has 3 N–H and O–H groups in total. The smallest absolute Gasteiger partial charge is 0.0988 e. The Labute approximate surface area is 128 Å². The number of aromatic nitrogens is 1. The number of thiazole rings is 1. The minimum Gasteiger partial charge on any atom is -0.397 e. The number of aryl methyl sites for hydroxylation is 1. The molecule has 1 unspecified atom stereocenters. The Morgan fingerprint density at radius 3 is 3.00 bits per heavy atom. The van der Waals surface area contributed by atoms with Gasteiger partial charge in [-0.05, 0) is 32.9 Å². The molecule has 6 heteroatoms. The zero-order valence-electron chi connectivity index (χ0n) is 12.6. The predicted molar refractivity (Wildman–Crippen MR) is 87.0 cm³/mol. The quantitative estimate of drug-likeness (QED) is 0.832. The second kappa shape index (κ2) is 5.12. The number of nitrogen functional groups attached to an aromatic ring is 1. The van der Waals surface area contributed by atoms with Crippen molar-refractivity contribution >= 4 is 32.9 Å². The third-order valence-electron chi connectivity index (χ3n) is 3.67. The van der Waals surface area contributed by atoms with Gasteiger partial charge in [-0.1, -0.05) is 0 Å². The first-order valence-electron chi connectivity index (χ1n) is 7.08. The molecule has 0 spiro atoms. The van der Waals surface area contributed by atoms with E-state index < -0.39 is 0 Å². The van der Waals surface area contributed by atoms with Crippen molar-refractivity contribution in [1.82, 2.24) is 4.98 Å². The van der Waals surface area contributed by atoms with Crippen molar-refractivity contribution in [3.8, 4) is 0 Å². The molecule has 0 bridgehead atoms. The lowest BCUT2D eigenvalue weighted by Gasteiger charge is -2.43. The molecule has 1 saturated heterocycles. The van der Waals surface area contributed by atoms with E-state index in [1.165, 1.54) is 0 Å². The van der Waals surface area contributed by atoms with Gasteiger partial charge in [-0.15, -0.1) is 11.3 Å². The number of nitrogens with two attached hydrogens (primary N) is 1. The topological polar surface area (TPSA) is 71.6 Å². The molecule has 5 nitrogen and oxygen atoms in total. The molecule has 1 atom stereocenters. The fourth-order valence-corrected chi connectivity index (χ4v) is 3.80. The maximum absolute atomic E-state index is 9.44. The first-order valence-corrected chi connectivity index (χ1v) is 7.90. The van der Waals surface area contributed by atoms with Gasteiger partial charge in [-0.25, -0.2) is 4.98 Å². The molecule has 1 aliphatic heterocycles. The number of ether oxygens (including phenoxy) is 1. The molecular formula is C15H21N3O2S. The van der Waals surface area contributed by atoms with Crippen LogP contribution in [-0.4, -0.2) is 41.5 Å². The van der Waals surface area contributed by atoms with Crippen molar-refractivity contribution in [2.75, 3.05) is 30.3 Å². The van der Waals surface area contributed by atoms with E-state index in [1.807, 2.05) is 32.9 Å². The van der Waals surface area contributed by atoms with Gasteiger partial charge in [0.25, 0.3) is 0 Å². The van der Waals surface area contributed by atoms with E-state index in [1.54, 1.807) is 11.3 Å². The molecular weight excluding hydrogens is 286 g/mol. The fraction of sp³-hybridized carbons (Fsp3) is 0.533. The maximum atomic E-state index is 9.44. The molecule has 2 heterocycles. The Balaban J connectivity index is 2.00. The summed E-state index contributed by atoms with van der Waals surface area (Å²) in [5, 5.41) is 10.5. The summed E-state index contributed by atoms with van der Waals surface area (Å²) in [5.41, 5.74) is 8.63. The fourth-order valence-electron chi connectivity index (χ4n) is 2.94. The standard InChI is InChI=1S/C15H21N3O2S/c1-9-17-12-5-13(11(16)4-14(12)21-9)18-6-10(7-19)20-15(2,3)8-18/h4-5,10,19H,6-8,16H2,1-3H3. The SMILES string of the molecule is Cc1nc2cc(N3CC(CO)OC(C)(C)C3)c(N)cc2s1. The molecule has 1 aromatic heterocycles. The van der Waals surface area contributed by atoms with Crippen LogP contribution in [0, 0.1) is 6.92 Å². The minimum absolute atomic E-state index is 0.0118. The Morgan fingerprint density at radius 1 is 1.52 bits per heavy atom. The normalized spacial score (nSPS) is 21.9. The highest BCUT2D eigenvalue weighted by Gasteiger charge is 2.34. The van der Waals surface area contributed by atoms with Gasteiger partial charge in [0.1, 0.15) is 0 Å². The molecule has 114 valence electrons. The first-order chi connectivity index (χ1) is 9.88. The summed E-state index contributed by atoms with van der Waals surface area (Å²) in [5.74, 6) is 0. The lowest BCUT2D eigenvalue weighted by Crippen LogP contribution is -2.54. The van der Waals surface area contributed by atoms with Crippen molar-refractivity contribution in [2.45, 2.75) is 32.5 Å². The summed E-state index contributed by atoms with van der Waals surface area (Å²) in [6.07, 6.45) is -0.194. The highest BCUT2D eigenvalue weighted by Crippen LogP contribution is 2.34. The summed E-state index contributed by atoms with van der Waals surface area (Å²) < 4.78 is 6.97. The molecule has 0 radical (unpaired) electrons. The van der Waals surface area contributed by atoms with E-state index in [9.17, 15) is 5.11 Å². The van der Waals surface area contributed by atoms with Gasteiger partial charge in [0.15, 0.2) is 0 Å². The number of anilines is 2. The van der Waals surface area contributed by atoms with Crippen LogP contribution < -0.4 is 10.6 Å². The van der Waals surface area contributed by atoms with Crippen LogP contribution in [-0.2, 0) is 4.74 Å². The summed E-state index contributed by atoms with van der Waals surface area (Å²) >= 11 is 1.65. The molecule has 0 amide bonds. The highest BCUT2D eigenvalue weighted by molar-refractivity contribution is 7.18. The van der Waals surface area contributed by atoms with Gasteiger partial charge >= 0.3 is 0 Å². The molecule has 1 aromatic carbocycles. The number of nitrogens with zero attached hydrogens (tertiary/aromatic N) is 2. The molecule has 2 aromatic rings. The highest BCUT2D eigenvalue weighted by atomic mass is 32.1. The number of fused-ring (bicyclic) bond motifs is 1. The summed E-state index contributed by atoms with van der Waals surface area (Å²) in [4.78, 5) is 6.73. The van der Waals surface area contributed by atoms with E-state index in [4.69, 9.17) is 10.5 Å². The monoisotopic (exact) mass is 307 g/mol. The van der Waals surface area contributed by atoms with E-state index >= 15 is 0 Å². The van der Waals surface area contributed by atoms with E-state index in [0.717, 1.165) is 33.1 Å². The van der Waals surface area contributed by atoms with Crippen molar-refractivity contribution in [3.05, 3.63) is 17.1 Å². The molecule has 1 fully saturated rings. The van der Waals surface area contributed by atoms with Crippen LogP contribution >= 0.6 is 11.3 Å². The number of rotatable bonds is 2. The third kappa shape index (κ3) is 2.84. The number of benzene rings is 1.